The van der Waals surface area contributed by atoms with Crippen LogP contribution in [-0.4, -0.2) is 38.1 Å². The van der Waals surface area contributed by atoms with Crippen molar-refractivity contribution in [2.45, 2.75) is 27.7 Å². The van der Waals surface area contributed by atoms with E-state index in [1.807, 2.05) is 0 Å². The third-order valence-electron chi connectivity index (χ3n) is 2.83. The molecule has 0 amide bonds. The van der Waals surface area contributed by atoms with Crippen molar-refractivity contribution >= 4 is 0 Å². The van der Waals surface area contributed by atoms with E-state index in [0.29, 0.717) is 0 Å². The van der Waals surface area contributed by atoms with Gasteiger partial charge in [-0.25, -0.2) is 0 Å². The Morgan fingerprint density at radius 1 is 1.15 bits per heavy atom. The molecule has 0 radical (unpaired) electrons. The Morgan fingerprint density at radius 2 is 1.77 bits per heavy atom. The first-order valence-corrected chi connectivity index (χ1v) is 5.51. The summed E-state index contributed by atoms with van der Waals surface area (Å²) in [6, 6.07) is 0. The van der Waals surface area contributed by atoms with Crippen molar-refractivity contribution < 1.29 is 0 Å². The van der Waals surface area contributed by atoms with Gasteiger partial charge in [0.2, 0.25) is 0 Å². The molecule has 0 aromatic rings. The van der Waals surface area contributed by atoms with Gasteiger partial charge in [-0.05, 0) is 38.5 Å². The lowest BCUT2D eigenvalue weighted by atomic mass is 9.95. The third-order valence-corrected chi connectivity index (χ3v) is 2.83. The molecule has 13 heavy (non-hydrogen) atoms. The molecule has 0 heterocycles. The number of rotatable bonds is 7. The zero-order valence-electron chi connectivity index (χ0n) is 9.93. The Hall–Kier alpha value is -0.0800. The Bertz CT molecular complexity index is 115. The van der Waals surface area contributed by atoms with E-state index in [0.717, 1.165) is 31.5 Å². The quantitative estimate of drug-likeness (QED) is 0.652. The molecule has 0 aromatic carbocycles. The zero-order valence-corrected chi connectivity index (χ0v) is 9.93. The molecule has 0 saturated heterocycles. The normalized spacial score (nSPS) is 16.2. The molecule has 0 aliphatic carbocycles. The molecular formula is C11H26N2. The van der Waals surface area contributed by atoms with Gasteiger partial charge in [-0.1, -0.05) is 27.7 Å². The minimum atomic E-state index is 0.772. The van der Waals surface area contributed by atoms with Gasteiger partial charge in [0.1, 0.15) is 0 Å². The highest BCUT2D eigenvalue weighted by Gasteiger charge is 2.12. The molecule has 0 saturated carbocycles. The predicted molar refractivity (Wildman–Crippen MR) is 60.0 cm³/mol. The minimum Gasteiger partial charge on any atom is -0.317 e. The van der Waals surface area contributed by atoms with E-state index in [-0.39, 0.29) is 0 Å². The lowest BCUT2D eigenvalue weighted by Crippen LogP contribution is -2.32. The van der Waals surface area contributed by atoms with Gasteiger partial charge in [0.15, 0.2) is 0 Å². The van der Waals surface area contributed by atoms with Crippen molar-refractivity contribution in [2.24, 2.45) is 11.8 Å². The largest absolute Gasteiger partial charge is 0.317 e. The molecule has 1 N–H and O–H groups in total. The lowest BCUT2D eigenvalue weighted by Gasteiger charge is -2.25. The van der Waals surface area contributed by atoms with Crippen LogP contribution in [0.3, 0.4) is 0 Å². The molecule has 2 heteroatoms. The molecule has 0 fully saturated rings. The molecule has 0 aliphatic heterocycles. The second-order valence-electron chi connectivity index (χ2n) is 4.12. The summed E-state index contributed by atoms with van der Waals surface area (Å²) >= 11 is 0. The zero-order chi connectivity index (χ0) is 10.3. The van der Waals surface area contributed by atoms with Crippen LogP contribution in [0.1, 0.15) is 27.7 Å². The lowest BCUT2D eigenvalue weighted by molar-refractivity contribution is 0.246. The van der Waals surface area contributed by atoms with E-state index in [4.69, 9.17) is 0 Å². The smallest absolute Gasteiger partial charge is 0.000687 e. The highest BCUT2D eigenvalue weighted by atomic mass is 15.1. The van der Waals surface area contributed by atoms with Gasteiger partial charge in [-0.2, -0.15) is 0 Å². The van der Waals surface area contributed by atoms with Crippen LogP contribution >= 0.6 is 0 Å². The summed E-state index contributed by atoms with van der Waals surface area (Å²) in [5.74, 6) is 1.55. The standard InChI is InChI=1S/C11H26N2/c1-6-12-8-10(3)11(4)9-13(5)7-2/h10-12H,6-9H2,1-5H3. The average molecular weight is 186 g/mol. The van der Waals surface area contributed by atoms with E-state index >= 15 is 0 Å². The second-order valence-corrected chi connectivity index (χ2v) is 4.12. The van der Waals surface area contributed by atoms with Gasteiger partial charge < -0.3 is 10.2 Å². The summed E-state index contributed by atoms with van der Waals surface area (Å²) in [4.78, 5) is 2.38. The topological polar surface area (TPSA) is 15.3 Å². The van der Waals surface area contributed by atoms with Gasteiger partial charge >= 0.3 is 0 Å². The van der Waals surface area contributed by atoms with Crippen molar-refractivity contribution in [1.82, 2.24) is 10.2 Å². The van der Waals surface area contributed by atoms with E-state index < -0.39 is 0 Å². The Balaban J connectivity index is 3.61. The number of hydrogen-bond acceptors (Lipinski definition) is 2. The van der Waals surface area contributed by atoms with Gasteiger partial charge in [0.25, 0.3) is 0 Å². The Kier molecular flexibility index (Phi) is 7.29. The van der Waals surface area contributed by atoms with Crippen molar-refractivity contribution in [3.8, 4) is 0 Å². The minimum absolute atomic E-state index is 0.772. The van der Waals surface area contributed by atoms with Gasteiger partial charge in [0, 0.05) is 6.54 Å². The number of nitrogens with zero attached hydrogens (tertiary/aromatic N) is 1. The number of nitrogens with one attached hydrogen (secondary N) is 1. The Morgan fingerprint density at radius 3 is 2.23 bits per heavy atom. The maximum Gasteiger partial charge on any atom is 0.000687 e. The summed E-state index contributed by atoms with van der Waals surface area (Å²) in [6.45, 7) is 13.6. The van der Waals surface area contributed by atoms with E-state index in [1.54, 1.807) is 0 Å². The van der Waals surface area contributed by atoms with E-state index in [1.165, 1.54) is 6.54 Å². The van der Waals surface area contributed by atoms with Crippen LogP contribution in [0.4, 0.5) is 0 Å². The van der Waals surface area contributed by atoms with Crippen LogP contribution in [0.2, 0.25) is 0 Å². The predicted octanol–water partition coefficient (Wildman–Crippen LogP) is 1.82. The molecule has 0 aromatic heterocycles. The maximum absolute atomic E-state index is 3.40. The van der Waals surface area contributed by atoms with Crippen molar-refractivity contribution in [3.05, 3.63) is 0 Å². The molecule has 0 spiro atoms. The van der Waals surface area contributed by atoms with Crippen LogP contribution in [0.15, 0.2) is 0 Å². The van der Waals surface area contributed by atoms with Crippen molar-refractivity contribution in [2.75, 3.05) is 33.2 Å². The molecule has 2 atom stereocenters. The molecule has 2 unspecified atom stereocenters. The highest BCUT2D eigenvalue weighted by Crippen LogP contribution is 2.10. The van der Waals surface area contributed by atoms with Crippen LogP contribution in [0.5, 0.6) is 0 Å². The van der Waals surface area contributed by atoms with Crippen LogP contribution < -0.4 is 5.32 Å². The molecule has 0 rings (SSSR count). The van der Waals surface area contributed by atoms with Crippen molar-refractivity contribution in [1.29, 1.82) is 0 Å². The summed E-state index contributed by atoms with van der Waals surface area (Å²) in [7, 11) is 2.19. The fourth-order valence-electron chi connectivity index (χ4n) is 1.37. The van der Waals surface area contributed by atoms with Crippen LogP contribution in [0, 0.1) is 11.8 Å². The van der Waals surface area contributed by atoms with Crippen molar-refractivity contribution in [3.63, 3.8) is 0 Å². The molecule has 0 aliphatic rings. The first-order valence-electron chi connectivity index (χ1n) is 5.51. The van der Waals surface area contributed by atoms with Crippen LogP contribution in [0.25, 0.3) is 0 Å². The molecule has 80 valence electrons. The van der Waals surface area contributed by atoms with E-state index in [2.05, 4.69) is 45.0 Å². The molecule has 0 bridgehead atoms. The summed E-state index contributed by atoms with van der Waals surface area (Å²) in [6.07, 6.45) is 0. The van der Waals surface area contributed by atoms with E-state index in [9.17, 15) is 0 Å². The first-order chi connectivity index (χ1) is 6.11. The average Bonchev–Trinajstić information content (AvgIpc) is 2.13. The summed E-state index contributed by atoms with van der Waals surface area (Å²) in [5, 5.41) is 3.40. The summed E-state index contributed by atoms with van der Waals surface area (Å²) in [5.41, 5.74) is 0. The monoisotopic (exact) mass is 186 g/mol. The van der Waals surface area contributed by atoms with Gasteiger partial charge in [0.05, 0.1) is 0 Å². The molecular weight excluding hydrogens is 160 g/mol. The summed E-state index contributed by atoms with van der Waals surface area (Å²) < 4.78 is 0. The fraction of sp³-hybridized carbons (Fsp3) is 1.00. The SMILES string of the molecule is CCNCC(C)C(C)CN(C)CC. The Labute approximate surface area is 83.7 Å². The maximum atomic E-state index is 3.40. The molecule has 2 nitrogen and oxygen atoms in total. The van der Waals surface area contributed by atoms with Gasteiger partial charge in [-0.3, -0.25) is 0 Å². The fourth-order valence-corrected chi connectivity index (χ4v) is 1.37. The first kappa shape index (κ1) is 12.9. The van der Waals surface area contributed by atoms with Gasteiger partial charge in [-0.15, -0.1) is 0 Å². The van der Waals surface area contributed by atoms with Crippen LogP contribution in [-0.2, 0) is 0 Å². The highest BCUT2D eigenvalue weighted by molar-refractivity contribution is 4.67. The number of hydrogen-bond donors (Lipinski definition) is 1. The second kappa shape index (κ2) is 7.34. The third kappa shape index (κ3) is 6.05.